The van der Waals surface area contributed by atoms with Crippen molar-refractivity contribution in [3.8, 4) is 18.1 Å². The van der Waals surface area contributed by atoms with Gasteiger partial charge in [-0.25, -0.2) is 17.7 Å². The van der Waals surface area contributed by atoms with Gasteiger partial charge in [-0.2, -0.15) is 4.31 Å². The Morgan fingerprint density at radius 1 is 1.38 bits per heavy atom. The molecular formula is C20H17FN2O5S. The second-order valence-corrected chi connectivity index (χ2v) is 8.44. The first kappa shape index (κ1) is 20.8. The van der Waals surface area contributed by atoms with Crippen LogP contribution in [0.4, 0.5) is 10.1 Å². The summed E-state index contributed by atoms with van der Waals surface area (Å²) in [5, 5.41) is 20.4. The van der Waals surface area contributed by atoms with Gasteiger partial charge in [0.1, 0.15) is 23.3 Å². The third kappa shape index (κ3) is 3.82. The number of hydrogen-bond acceptors (Lipinski definition) is 5. The summed E-state index contributed by atoms with van der Waals surface area (Å²) >= 11 is 0. The molecule has 2 N–H and O–H groups in total. The first-order valence-corrected chi connectivity index (χ1v) is 9.92. The van der Waals surface area contributed by atoms with E-state index in [2.05, 4.69) is 10.8 Å². The molecular weight excluding hydrogens is 399 g/mol. The molecule has 1 aliphatic heterocycles. The van der Waals surface area contributed by atoms with Crippen molar-refractivity contribution < 1.29 is 27.8 Å². The fourth-order valence-electron chi connectivity index (χ4n) is 3.07. The molecule has 0 aliphatic carbocycles. The molecule has 3 rings (SSSR count). The standard InChI is InChI=1S/C20H17FN2O5S/c1-3-14-6-4-5-7-18(14)29(26,27)23-11-19(20(25,12-23)13-24)28-15-8-9-17(22-2)16(21)10-15/h1,4-10,19,24-25H,11-13H2/t19-,20+/m0/s1. The van der Waals surface area contributed by atoms with Crippen LogP contribution < -0.4 is 4.74 Å². The molecule has 0 saturated carbocycles. The van der Waals surface area contributed by atoms with Crippen LogP contribution in [0, 0.1) is 24.7 Å². The van der Waals surface area contributed by atoms with E-state index in [0.717, 1.165) is 10.4 Å². The Labute approximate surface area is 167 Å². The lowest BCUT2D eigenvalue weighted by molar-refractivity contribution is -0.0641. The summed E-state index contributed by atoms with van der Waals surface area (Å²) < 4.78 is 46.5. The zero-order valence-corrected chi connectivity index (χ0v) is 15.9. The lowest BCUT2D eigenvalue weighted by atomic mass is 10.0. The highest BCUT2D eigenvalue weighted by atomic mass is 32.2. The number of aliphatic hydroxyl groups is 2. The van der Waals surface area contributed by atoms with Gasteiger partial charge in [0.2, 0.25) is 15.7 Å². The number of rotatable bonds is 5. The fourth-order valence-corrected chi connectivity index (χ4v) is 4.73. The minimum absolute atomic E-state index is 0.00459. The molecule has 29 heavy (non-hydrogen) atoms. The van der Waals surface area contributed by atoms with Gasteiger partial charge in [-0.15, -0.1) is 6.42 Å². The summed E-state index contributed by atoms with van der Waals surface area (Å²) in [5.41, 5.74) is -1.94. The third-order valence-corrected chi connectivity index (χ3v) is 6.54. The molecule has 2 atom stereocenters. The molecule has 1 fully saturated rings. The maximum Gasteiger partial charge on any atom is 0.244 e. The molecule has 0 amide bonds. The van der Waals surface area contributed by atoms with Crippen molar-refractivity contribution in [3.63, 3.8) is 0 Å². The molecule has 0 aromatic heterocycles. The lowest BCUT2D eigenvalue weighted by Gasteiger charge is -2.27. The Hall–Kier alpha value is -2.95. The Morgan fingerprint density at radius 2 is 2.10 bits per heavy atom. The van der Waals surface area contributed by atoms with Gasteiger partial charge < -0.3 is 14.9 Å². The number of nitrogens with zero attached hydrogens (tertiary/aromatic N) is 2. The van der Waals surface area contributed by atoms with Crippen LogP contribution in [0.2, 0.25) is 0 Å². The summed E-state index contributed by atoms with van der Waals surface area (Å²) in [4.78, 5) is 2.91. The Balaban J connectivity index is 1.91. The van der Waals surface area contributed by atoms with Gasteiger partial charge in [-0.05, 0) is 24.3 Å². The molecule has 7 nitrogen and oxygen atoms in total. The topological polar surface area (TPSA) is 91.4 Å². The molecule has 0 unspecified atom stereocenters. The van der Waals surface area contributed by atoms with Crippen LogP contribution in [-0.4, -0.2) is 54.3 Å². The van der Waals surface area contributed by atoms with Crippen molar-refractivity contribution in [1.82, 2.24) is 4.31 Å². The van der Waals surface area contributed by atoms with Crippen LogP contribution in [0.3, 0.4) is 0 Å². The van der Waals surface area contributed by atoms with Crippen molar-refractivity contribution in [2.24, 2.45) is 0 Å². The normalized spacial score (nSPS) is 22.0. The van der Waals surface area contributed by atoms with Crippen molar-refractivity contribution in [2.75, 3.05) is 19.7 Å². The Morgan fingerprint density at radius 3 is 2.72 bits per heavy atom. The van der Waals surface area contributed by atoms with Gasteiger partial charge in [-0.1, -0.05) is 18.1 Å². The molecule has 0 radical (unpaired) electrons. The number of aliphatic hydroxyl groups excluding tert-OH is 1. The fraction of sp³-hybridized carbons (Fsp3) is 0.250. The molecule has 2 aromatic rings. The second kappa shape index (κ2) is 7.82. The number of hydrogen-bond donors (Lipinski definition) is 2. The minimum atomic E-state index is -4.08. The highest BCUT2D eigenvalue weighted by Crippen LogP contribution is 2.32. The number of β-amino-alcohol motifs (C(OH)–C–C–N with tert-alkyl or cyclic N) is 1. The molecule has 1 aliphatic rings. The average molecular weight is 416 g/mol. The largest absolute Gasteiger partial charge is 0.486 e. The van der Waals surface area contributed by atoms with Crippen LogP contribution in [0.5, 0.6) is 5.75 Å². The summed E-state index contributed by atoms with van der Waals surface area (Å²) in [6.45, 7) is 5.37. The highest BCUT2D eigenvalue weighted by Gasteiger charge is 2.51. The van der Waals surface area contributed by atoms with Crippen molar-refractivity contribution in [1.29, 1.82) is 0 Å². The van der Waals surface area contributed by atoms with Gasteiger partial charge in [0.05, 0.1) is 24.6 Å². The smallest absolute Gasteiger partial charge is 0.244 e. The van der Waals surface area contributed by atoms with E-state index in [0.29, 0.717) is 0 Å². The molecule has 1 saturated heterocycles. The molecule has 0 bridgehead atoms. The summed E-state index contributed by atoms with van der Waals surface area (Å²) in [7, 11) is -4.08. The number of sulfonamides is 1. The quantitative estimate of drug-likeness (QED) is 0.570. The van der Waals surface area contributed by atoms with Gasteiger partial charge in [-0.3, -0.25) is 0 Å². The van der Waals surface area contributed by atoms with Crippen LogP contribution in [0.1, 0.15) is 5.56 Å². The molecule has 2 aromatic carbocycles. The predicted octanol–water partition coefficient (Wildman–Crippen LogP) is 1.53. The van der Waals surface area contributed by atoms with Crippen LogP contribution >= 0.6 is 0 Å². The molecule has 150 valence electrons. The van der Waals surface area contributed by atoms with Crippen molar-refractivity contribution in [2.45, 2.75) is 16.6 Å². The van der Waals surface area contributed by atoms with E-state index in [1.54, 1.807) is 6.07 Å². The second-order valence-electron chi connectivity index (χ2n) is 6.53. The Bertz CT molecular complexity index is 1120. The number of terminal acetylenes is 1. The van der Waals surface area contributed by atoms with E-state index in [1.807, 2.05) is 0 Å². The van der Waals surface area contributed by atoms with Crippen LogP contribution in [-0.2, 0) is 10.0 Å². The van der Waals surface area contributed by atoms with Crippen LogP contribution in [0.15, 0.2) is 47.4 Å². The van der Waals surface area contributed by atoms with Gasteiger partial charge in [0, 0.05) is 18.2 Å². The molecule has 0 spiro atoms. The summed E-state index contributed by atoms with van der Waals surface area (Å²) in [6.07, 6.45) is 4.22. The van der Waals surface area contributed by atoms with E-state index in [-0.39, 0.29) is 28.4 Å². The number of benzene rings is 2. The van der Waals surface area contributed by atoms with Gasteiger partial charge >= 0.3 is 0 Å². The highest BCUT2D eigenvalue weighted by molar-refractivity contribution is 7.89. The maximum absolute atomic E-state index is 13.8. The molecule has 9 heteroatoms. The summed E-state index contributed by atoms with van der Waals surface area (Å²) in [6, 6.07) is 9.48. The zero-order valence-electron chi connectivity index (χ0n) is 15.1. The number of ether oxygens (including phenoxy) is 1. The first-order valence-electron chi connectivity index (χ1n) is 8.48. The maximum atomic E-state index is 13.8. The van der Waals surface area contributed by atoms with E-state index < -0.39 is 40.7 Å². The van der Waals surface area contributed by atoms with Gasteiger partial charge in [0.15, 0.2) is 0 Å². The van der Waals surface area contributed by atoms with Crippen molar-refractivity contribution in [3.05, 3.63) is 65.3 Å². The van der Waals surface area contributed by atoms with E-state index in [1.165, 1.54) is 30.3 Å². The van der Waals surface area contributed by atoms with E-state index in [4.69, 9.17) is 17.7 Å². The zero-order chi connectivity index (χ0) is 21.2. The van der Waals surface area contributed by atoms with Gasteiger partial charge in [0.25, 0.3) is 0 Å². The third-order valence-electron chi connectivity index (χ3n) is 4.67. The first-order chi connectivity index (χ1) is 13.7. The predicted molar refractivity (Wildman–Crippen MR) is 102 cm³/mol. The Kier molecular flexibility index (Phi) is 5.60. The number of halogens is 1. The van der Waals surface area contributed by atoms with Crippen LogP contribution in [0.25, 0.3) is 4.85 Å². The van der Waals surface area contributed by atoms with E-state index >= 15 is 0 Å². The molecule has 1 heterocycles. The minimum Gasteiger partial charge on any atom is -0.486 e. The lowest BCUT2D eigenvalue weighted by Crippen LogP contribution is -2.48. The summed E-state index contributed by atoms with van der Waals surface area (Å²) in [5.74, 6) is 1.50. The SMILES string of the molecule is [C-]#[N+]c1ccc(O[C@H]2CN(S(=O)(=O)c3ccccc3C#C)C[C@@]2(O)CO)cc1F. The monoisotopic (exact) mass is 416 g/mol. The van der Waals surface area contributed by atoms with Crippen molar-refractivity contribution >= 4 is 15.7 Å². The van der Waals surface area contributed by atoms with E-state index in [9.17, 15) is 23.0 Å². The average Bonchev–Trinajstić information content (AvgIpc) is 3.06.